The van der Waals surface area contributed by atoms with Gasteiger partial charge in [-0.2, -0.15) is 0 Å². The van der Waals surface area contributed by atoms with Gasteiger partial charge in [-0.05, 0) is 43.4 Å². The monoisotopic (exact) mass is 545 g/mol. The van der Waals surface area contributed by atoms with Gasteiger partial charge in [0, 0.05) is 59.5 Å². The number of H-pyrrole nitrogens is 1. The lowest BCUT2D eigenvalue weighted by Gasteiger charge is -2.32. The maximum atomic E-state index is 13.0. The van der Waals surface area contributed by atoms with Gasteiger partial charge in [0.1, 0.15) is 0 Å². The Morgan fingerprint density at radius 1 is 1.02 bits per heavy atom. The van der Waals surface area contributed by atoms with E-state index in [1.54, 1.807) is 42.3 Å². The van der Waals surface area contributed by atoms with Crippen LogP contribution in [0.2, 0.25) is 0 Å². The highest BCUT2D eigenvalue weighted by Gasteiger charge is 2.21. The van der Waals surface area contributed by atoms with Crippen LogP contribution in [0, 0.1) is 0 Å². The zero-order chi connectivity index (χ0) is 33.2. The van der Waals surface area contributed by atoms with Crippen molar-refractivity contribution >= 4 is 39.9 Å². The second-order valence-corrected chi connectivity index (χ2v) is 9.56. The number of hydrogen-bond donors (Lipinski definition) is 2. The van der Waals surface area contributed by atoms with E-state index in [4.69, 9.17) is 13.2 Å². The van der Waals surface area contributed by atoms with Gasteiger partial charge in [0.15, 0.2) is 5.88 Å². The summed E-state index contributed by atoms with van der Waals surface area (Å²) < 4.78 is 48.8. The first-order valence-corrected chi connectivity index (χ1v) is 12.8. The lowest BCUT2D eigenvalue weighted by atomic mass is 10.00. The summed E-state index contributed by atoms with van der Waals surface area (Å²) in [7, 11) is -1.21. The molecule has 5 rings (SSSR count). The number of nitrogens with one attached hydrogen (secondary N) is 1. The first-order valence-electron chi connectivity index (χ1n) is 15.8. The highest BCUT2D eigenvalue weighted by atomic mass is 16.5. The third-order valence-corrected chi connectivity index (χ3v) is 6.97. The molecule has 9 nitrogen and oxygen atoms in total. The number of methoxy groups -OCH3 is 1. The van der Waals surface area contributed by atoms with E-state index in [2.05, 4.69) is 9.72 Å². The van der Waals surface area contributed by atoms with Crippen LogP contribution in [0.1, 0.15) is 29.7 Å². The molecule has 0 unspecified atom stereocenters. The zero-order valence-electron chi connectivity index (χ0n) is 27.9. The van der Waals surface area contributed by atoms with E-state index in [0.717, 1.165) is 0 Å². The van der Waals surface area contributed by atoms with Crippen molar-refractivity contribution in [1.29, 1.82) is 0 Å². The van der Waals surface area contributed by atoms with Crippen LogP contribution in [0.4, 0.5) is 11.4 Å². The van der Waals surface area contributed by atoms with Crippen LogP contribution in [-0.4, -0.2) is 91.3 Å². The van der Waals surface area contributed by atoms with Crippen molar-refractivity contribution in [2.24, 2.45) is 4.99 Å². The van der Waals surface area contributed by atoms with Crippen molar-refractivity contribution in [3.8, 4) is 5.88 Å². The molecule has 9 heteroatoms. The second kappa shape index (κ2) is 11.7. The Morgan fingerprint density at radius 2 is 1.77 bits per heavy atom. The van der Waals surface area contributed by atoms with Gasteiger partial charge in [-0.15, -0.1) is 0 Å². The molecule has 2 N–H and O–H groups in total. The van der Waals surface area contributed by atoms with Gasteiger partial charge in [0.25, 0.3) is 0 Å². The van der Waals surface area contributed by atoms with Gasteiger partial charge in [0.05, 0.1) is 40.2 Å². The smallest absolute Gasteiger partial charge is 0.337 e. The maximum Gasteiger partial charge on any atom is 0.337 e. The number of carbonyl (C=O) groups excluding carboxylic acids is 2. The number of benzene rings is 3. The predicted molar refractivity (Wildman–Crippen MR) is 157 cm³/mol. The second-order valence-electron chi connectivity index (χ2n) is 9.56. The number of aromatic amines is 1. The largest absolute Gasteiger partial charge is 0.494 e. The standard InChI is InChI=1S/C31H33N5O4/c1-34-15-17-36(18-16-34)20-27(37)35(2)24-12-10-23(11-13-24)32-29(21-7-5-4-6-8-21)28-25-14-9-22(31(39)40-3)19-26(25)33-30(28)38/h4-14,19,33,38H,15-18,20H2,1-3H3/i1D3,3D3. The fourth-order valence-electron chi connectivity index (χ4n) is 4.70. The quantitative estimate of drug-likeness (QED) is 0.269. The Balaban J connectivity index is 1.38. The van der Waals surface area contributed by atoms with E-state index < -0.39 is 20.0 Å². The van der Waals surface area contributed by atoms with Crippen LogP contribution in [0.25, 0.3) is 10.9 Å². The molecule has 0 radical (unpaired) electrons. The number of esters is 1. The molecule has 0 spiro atoms. The number of ether oxygens (including phenoxy) is 1. The lowest BCUT2D eigenvalue weighted by molar-refractivity contribution is -0.119. The van der Waals surface area contributed by atoms with Crippen LogP contribution in [0.5, 0.6) is 5.88 Å². The molecule has 4 aromatic rings. The number of fused-ring (bicyclic) bond motifs is 1. The molecule has 1 saturated heterocycles. The van der Waals surface area contributed by atoms with Gasteiger partial charge in [-0.3, -0.25) is 9.69 Å². The molecule has 3 aromatic carbocycles. The van der Waals surface area contributed by atoms with Gasteiger partial charge >= 0.3 is 5.97 Å². The Hall–Kier alpha value is -4.47. The molecule has 0 atom stereocenters. The number of aliphatic imine (C=N–C) groups is 1. The van der Waals surface area contributed by atoms with Crippen molar-refractivity contribution < 1.29 is 27.7 Å². The number of amides is 1. The molecule has 40 heavy (non-hydrogen) atoms. The van der Waals surface area contributed by atoms with Crippen molar-refractivity contribution in [1.82, 2.24) is 14.8 Å². The van der Waals surface area contributed by atoms with Crippen molar-refractivity contribution in [2.75, 3.05) is 58.7 Å². The normalized spacial score (nSPS) is 17.7. The SMILES string of the molecule is [2H]C([2H])([2H])OC(=O)c1ccc2c(C(=Nc3ccc(N(C)C(=O)CN4CCN(C([2H])([2H])[2H])CC4)cc3)c3ccccc3)c(O)[nH]c2c1. The molecule has 0 aliphatic carbocycles. The van der Waals surface area contributed by atoms with Crippen LogP contribution >= 0.6 is 0 Å². The summed E-state index contributed by atoms with van der Waals surface area (Å²) in [5.74, 6) is -1.34. The number of hydrogen-bond acceptors (Lipinski definition) is 7. The maximum absolute atomic E-state index is 13.0. The molecular formula is C31H33N5O4. The Morgan fingerprint density at radius 3 is 2.48 bits per heavy atom. The molecule has 0 bridgehead atoms. The van der Waals surface area contributed by atoms with Crippen LogP contribution in [-0.2, 0) is 9.53 Å². The minimum Gasteiger partial charge on any atom is -0.494 e. The van der Waals surface area contributed by atoms with Gasteiger partial charge < -0.3 is 24.6 Å². The summed E-state index contributed by atoms with van der Waals surface area (Å²) in [6.45, 7) is -0.252. The Bertz CT molecular complexity index is 1750. The third-order valence-electron chi connectivity index (χ3n) is 6.97. The number of rotatable bonds is 7. The summed E-state index contributed by atoms with van der Waals surface area (Å²) in [4.78, 5) is 38.0. The van der Waals surface area contributed by atoms with Gasteiger partial charge in [-0.1, -0.05) is 36.4 Å². The van der Waals surface area contributed by atoms with Crippen LogP contribution in [0.15, 0.2) is 77.8 Å². The zero-order valence-corrected chi connectivity index (χ0v) is 21.9. The fraction of sp³-hybridized carbons (Fsp3) is 0.258. The summed E-state index contributed by atoms with van der Waals surface area (Å²) >= 11 is 0. The first-order chi connectivity index (χ1) is 21.7. The Labute approximate surface area is 241 Å². The van der Waals surface area contributed by atoms with E-state index in [1.807, 2.05) is 35.2 Å². The van der Waals surface area contributed by atoms with E-state index in [9.17, 15) is 14.7 Å². The van der Waals surface area contributed by atoms with E-state index in [1.165, 1.54) is 17.0 Å². The molecule has 1 fully saturated rings. The average molecular weight is 546 g/mol. The summed E-state index contributed by atoms with van der Waals surface area (Å²) in [5, 5.41) is 11.6. The van der Waals surface area contributed by atoms with E-state index in [-0.39, 0.29) is 23.9 Å². The molecule has 2 heterocycles. The molecule has 206 valence electrons. The van der Waals surface area contributed by atoms with Crippen LogP contribution < -0.4 is 4.90 Å². The molecule has 1 aromatic heterocycles. The third kappa shape index (κ3) is 5.75. The lowest BCUT2D eigenvalue weighted by Crippen LogP contribution is -2.48. The molecule has 0 saturated carbocycles. The number of anilines is 1. The predicted octanol–water partition coefficient (Wildman–Crippen LogP) is 4.04. The van der Waals surface area contributed by atoms with Gasteiger partial charge in [-0.25, -0.2) is 9.79 Å². The van der Waals surface area contributed by atoms with Crippen molar-refractivity contribution in [2.45, 2.75) is 0 Å². The van der Waals surface area contributed by atoms with E-state index in [0.29, 0.717) is 65.3 Å². The number of likely N-dealkylation sites (N-methyl/N-ethyl adjacent to an activating group) is 2. The minimum atomic E-state index is -2.89. The number of piperazine rings is 1. The minimum absolute atomic E-state index is 0.00162. The number of aromatic nitrogens is 1. The molecular weight excluding hydrogens is 506 g/mol. The molecule has 1 aliphatic heterocycles. The summed E-state index contributed by atoms with van der Waals surface area (Å²) in [5.41, 5.74) is 3.11. The summed E-state index contributed by atoms with van der Waals surface area (Å²) in [6.07, 6.45) is 0. The number of aromatic hydroxyl groups is 1. The number of nitrogens with zero attached hydrogens (tertiary/aromatic N) is 4. The van der Waals surface area contributed by atoms with E-state index >= 15 is 0 Å². The molecule has 1 aliphatic rings. The van der Waals surface area contributed by atoms with Crippen molar-refractivity contribution in [3.05, 3.63) is 89.5 Å². The molecule has 1 amide bonds. The highest BCUT2D eigenvalue weighted by Crippen LogP contribution is 2.32. The van der Waals surface area contributed by atoms with Crippen LogP contribution in [0.3, 0.4) is 0 Å². The number of carbonyl (C=O) groups is 2. The fourth-order valence-corrected chi connectivity index (χ4v) is 4.70. The topological polar surface area (TPSA) is 101 Å². The van der Waals surface area contributed by atoms with Crippen molar-refractivity contribution in [3.63, 3.8) is 0 Å². The highest BCUT2D eigenvalue weighted by molar-refractivity contribution is 6.22. The van der Waals surface area contributed by atoms with Gasteiger partial charge in [0.2, 0.25) is 5.91 Å². The first kappa shape index (κ1) is 20.4. The Kier molecular flexibility index (Phi) is 5.99. The summed E-state index contributed by atoms with van der Waals surface area (Å²) in [6, 6.07) is 20.7. The average Bonchev–Trinajstić information content (AvgIpc) is 3.33.